The molecule has 0 radical (unpaired) electrons. The smallest absolute Gasteiger partial charge is 0.224 e. The third-order valence-electron chi connectivity index (χ3n) is 4.19. The number of carbonyl (C=O) groups excluding carboxylic acids is 1. The third kappa shape index (κ3) is 3.32. The normalized spacial score (nSPS) is 15.4. The van der Waals surface area contributed by atoms with Crippen LogP contribution in [0.5, 0.6) is 0 Å². The molecule has 0 spiro atoms. The first-order valence-corrected chi connectivity index (χ1v) is 7.35. The van der Waals surface area contributed by atoms with Gasteiger partial charge in [0.25, 0.3) is 0 Å². The summed E-state index contributed by atoms with van der Waals surface area (Å²) in [4.78, 5) is 12.0. The lowest BCUT2D eigenvalue weighted by atomic mass is 9.96. The maximum Gasteiger partial charge on any atom is 0.224 e. The Bertz CT molecular complexity index is 678. The van der Waals surface area contributed by atoms with Gasteiger partial charge in [0.2, 0.25) is 5.91 Å². The van der Waals surface area contributed by atoms with Crippen LogP contribution < -0.4 is 5.32 Å². The van der Waals surface area contributed by atoms with E-state index in [1.165, 1.54) is 24.3 Å². The van der Waals surface area contributed by atoms with Crippen molar-refractivity contribution in [1.29, 1.82) is 0 Å². The average molecular weight is 301 g/mol. The van der Waals surface area contributed by atoms with E-state index in [2.05, 4.69) is 5.32 Å². The van der Waals surface area contributed by atoms with E-state index in [4.69, 9.17) is 0 Å². The number of benzene rings is 2. The Kier molecular flexibility index (Phi) is 3.92. The van der Waals surface area contributed by atoms with Crippen molar-refractivity contribution in [3.63, 3.8) is 0 Å². The number of nitrogens with one attached hydrogen (secondary N) is 1. The fourth-order valence-electron chi connectivity index (χ4n) is 2.68. The second-order valence-corrected chi connectivity index (χ2v) is 5.87. The maximum absolute atomic E-state index is 13.1. The van der Waals surface area contributed by atoms with Gasteiger partial charge in [-0.15, -0.1) is 0 Å². The molecule has 1 N–H and O–H groups in total. The topological polar surface area (TPSA) is 29.1 Å². The van der Waals surface area contributed by atoms with Gasteiger partial charge in [-0.25, -0.2) is 8.78 Å². The lowest BCUT2D eigenvalue weighted by molar-refractivity contribution is -0.120. The standard InChI is InChI=1S/C18H17F2NO/c19-15-6-4-14(5-7-15)18(8-9-18)12-21-17(22)11-13-2-1-3-16(20)10-13/h1-7,10H,8-9,11-12H2,(H,21,22). The monoisotopic (exact) mass is 301 g/mol. The van der Waals surface area contributed by atoms with Crippen molar-refractivity contribution in [1.82, 2.24) is 5.32 Å². The molecule has 0 atom stereocenters. The van der Waals surface area contributed by atoms with Gasteiger partial charge in [0, 0.05) is 12.0 Å². The Morgan fingerprint density at radius 3 is 2.41 bits per heavy atom. The van der Waals surface area contributed by atoms with Crippen LogP contribution in [0.2, 0.25) is 0 Å². The first-order chi connectivity index (χ1) is 10.6. The van der Waals surface area contributed by atoms with E-state index in [1.807, 2.05) is 0 Å². The number of hydrogen-bond donors (Lipinski definition) is 1. The molecule has 1 amide bonds. The van der Waals surface area contributed by atoms with Crippen molar-refractivity contribution in [2.24, 2.45) is 0 Å². The third-order valence-corrected chi connectivity index (χ3v) is 4.19. The van der Waals surface area contributed by atoms with E-state index in [9.17, 15) is 13.6 Å². The summed E-state index contributed by atoms with van der Waals surface area (Å²) in [6.07, 6.45) is 2.13. The summed E-state index contributed by atoms with van der Waals surface area (Å²) < 4.78 is 26.1. The van der Waals surface area contributed by atoms with Gasteiger partial charge in [0.15, 0.2) is 0 Å². The Balaban J connectivity index is 1.58. The van der Waals surface area contributed by atoms with E-state index >= 15 is 0 Å². The number of halogens is 2. The molecular weight excluding hydrogens is 284 g/mol. The van der Waals surface area contributed by atoms with Gasteiger partial charge < -0.3 is 5.32 Å². The van der Waals surface area contributed by atoms with Gasteiger partial charge >= 0.3 is 0 Å². The Morgan fingerprint density at radius 1 is 1.05 bits per heavy atom. The van der Waals surface area contributed by atoms with Crippen molar-refractivity contribution < 1.29 is 13.6 Å². The minimum atomic E-state index is -0.338. The molecule has 0 aromatic heterocycles. The van der Waals surface area contributed by atoms with Crippen LogP contribution in [0, 0.1) is 11.6 Å². The number of hydrogen-bond acceptors (Lipinski definition) is 1. The molecule has 2 aromatic rings. The summed E-state index contributed by atoms with van der Waals surface area (Å²) in [7, 11) is 0. The minimum Gasteiger partial charge on any atom is -0.355 e. The molecule has 0 unspecified atom stereocenters. The molecule has 0 heterocycles. The van der Waals surface area contributed by atoms with Crippen LogP contribution in [0.1, 0.15) is 24.0 Å². The van der Waals surface area contributed by atoms with Gasteiger partial charge in [-0.1, -0.05) is 24.3 Å². The highest BCUT2D eigenvalue weighted by Gasteiger charge is 2.44. The minimum absolute atomic E-state index is 0.0642. The van der Waals surface area contributed by atoms with Crippen LogP contribution in [0.3, 0.4) is 0 Å². The van der Waals surface area contributed by atoms with Gasteiger partial charge in [-0.2, -0.15) is 0 Å². The highest BCUT2D eigenvalue weighted by molar-refractivity contribution is 5.78. The zero-order valence-corrected chi connectivity index (χ0v) is 12.1. The predicted molar refractivity (Wildman–Crippen MR) is 80.4 cm³/mol. The fourth-order valence-corrected chi connectivity index (χ4v) is 2.68. The second kappa shape index (κ2) is 5.87. The van der Waals surface area contributed by atoms with E-state index < -0.39 is 0 Å². The van der Waals surface area contributed by atoms with Crippen molar-refractivity contribution in [2.75, 3.05) is 6.54 Å². The van der Waals surface area contributed by atoms with Crippen LogP contribution in [-0.4, -0.2) is 12.5 Å². The zero-order valence-electron chi connectivity index (χ0n) is 12.1. The Morgan fingerprint density at radius 2 is 1.77 bits per heavy atom. The summed E-state index contributed by atoms with van der Waals surface area (Å²) in [5.74, 6) is -0.719. The summed E-state index contributed by atoms with van der Waals surface area (Å²) >= 11 is 0. The predicted octanol–water partition coefficient (Wildman–Crippen LogP) is 3.36. The molecule has 1 aliphatic carbocycles. The average Bonchev–Trinajstić information content (AvgIpc) is 3.27. The second-order valence-electron chi connectivity index (χ2n) is 5.87. The van der Waals surface area contributed by atoms with Gasteiger partial charge in [-0.05, 0) is 48.2 Å². The quantitative estimate of drug-likeness (QED) is 0.901. The van der Waals surface area contributed by atoms with E-state index in [0.29, 0.717) is 12.1 Å². The molecule has 2 aromatic carbocycles. The summed E-state index contributed by atoms with van der Waals surface area (Å²) in [6, 6.07) is 12.5. The molecule has 22 heavy (non-hydrogen) atoms. The van der Waals surface area contributed by atoms with Crippen LogP contribution in [0.4, 0.5) is 8.78 Å². The van der Waals surface area contributed by atoms with Crippen molar-refractivity contribution in [3.05, 3.63) is 71.3 Å². The van der Waals surface area contributed by atoms with E-state index in [0.717, 1.165) is 18.4 Å². The van der Waals surface area contributed by atoms with Gasteiger partial charge in [0.05, 0.1) is 6.42 Å². The number of rotatable bonds is 5. The molecule has 114 valence electrons. The maximum atomic E-state index is 13.1. The highest BCUT2D eigenvalue weighted by Crippen LogP contribution is 2.47. The molecule has 2 nitrogen and oxygen atoms in total. The van der Waals surface area contributed by atoms with E-state index in [-0.39, 0.29) is 29.4 Å². The van der Waals surface area contributed by atoms with Crippen LogP contribution in [-0.2, 0) is 16.6 Å². The fraction of sp³-hybridized carbons (Fsp3) is 0.278. The highest BCUT2D eigenvalue weighted by atomic mass is 19.1. The first-order valence-electron chi connectivity index (χ1n) is 7.35. The van der Waals surface area contributed by atoms with Crippen molar-refractivity contribution >= 4 is 5.91 Å². The largest absolute Gasteiger partial charge is 0.355 e. The van der Waals surface area contributed by atoms with Crippen LogP contribution >= 0.6 is 0 Å². The number of carbonyl (C=O) groups is 1. The van der Waals surface area contributed by atoms with Crippen LogP contribution in [0.25, 0.3) is 0 Å². The van der Waals surface area contributed by atoms with Gasteiger partial charge in [-0.3, -0.25) is 4.79 Å². The lowest BCUT2D eigenvalue weighted by Gasteiger charge is -2.16. The molecular formula is C18H17F2NO. The molecule has 1 fully saturated rings. The Hall–Kier alpha value is -2.23. The summed E-state index contributed by atoms with van der Waals surface area (Å²) in [5.41, 5.74) is 1.65. The summed E-state index contributed by atoms with van der Waals surface area (Å²) in [6.45, 7) is 0.535. The lowest BCUT2D eigenvalue weighted by Crippen LogP contribution is -2.33. The first kappa shape index (κ1) is 14.7. The van der Waals surface area contributed by atoms with Crippen molar-refractivity contribution in [2.45, 2.75) is 24.7 Å². The Labute approximate surface area is 128 Å². The van der Waals surface area contributed by atoms with Crippen molar-refractivity contribution in [3.8, 4) is 0 Å². The molecule has 3 rings (SSSR count). The van der Waals surface area contributed by atoms with Gasteiger partial charge in [0.1, 0.15) is 11.6 Å². The summed E-state index contributed by atoms with van der Waals surface area (Å²) in [5, 5.41) is 2.91. The molecule has 0 saturated heterocycles. The van der Waals surface area contributed by atoms with Crippen LogP contribution in [0.15, 0.2) is 48.5 Å². The SMILES string of the molecule is O=C(Cc1cccc(F)c1)NCC1(c2ccc(F)cc2)CC1. The molecule has 1 aliphatic rings. The van der Waals surface area contributed by atoms with E-state index in [1.54, 1.807) is 24.3 Å². The zero-order chi connectivity index (χ0) is 15.6. The molecule has 4 heteroatoms. The number of amides is 1. The molecule has 1 saturated carbocycles. The molecule has 0 aliphatic heterocycles. The molecule has 0 bridgehead atoms.